The zero-order chi connectivity index (χ0) is 15.0. The number of aliphatic hydroxyl groups is 1. The Kier molecular flexibility index (Phi) is 4.03. The summed E-state index contributed by atoms with van der Waals surface area (Å²) in [5, 5.41) is 13.0. The van der Waals surface area contributed by atoms with Gasteiger partial charge in [0.15, 0.2) is 9.84 Å². The number of halogens is 1. The van der Waals surface area contributed by atoms with E-state index in [9.17, 15) is 17.9 Å². The molecule has 1 aliphatic carbocycles. The van der Waals surface area contributed by atoms with E-state index in [-0.39, 0.29) is 28.8 Å². The molecule has 0 radical (unpaired) electrons. The van der Waals surface area contributed by atoms with E-state index in [1.54, 1.807) is 0 Å². The average Bonchev–Trinajstić information content (AvgIpc) is 2.44. The van der Waals surface area contributed by atoms with Gasteiger partial charge in [0.2, 0.25) is 0 Å². The molecule has 3 rings (SSSR count). The molecule has 1 unspecified atom stereocenters. The lowest BCUT2D eigenvalue weighted by molar-refractivity contribution is 0.114. The molecule has 1 fully saturated rings. The van der Waals surface area contributed by atoms with Crippen LogP contribution in [0.3, 0.4) is 0 Å². The first-order valence-electron chi connectivity index (χ1n) is 7.42. The molecule has 4 nitrogen and oxygen atoms in total. The third-order valence-corrected chi connectivity index (χ3v) is 6.31. The molecule has 0 aromatic heterocycles. The SMILES string of the molecule is O=S1(=O)CCC(NC2CCC(O)CC2)c2cc(F)ccc21. The van der Waals surface area contributed by atoms with Crippen LogP contribution in [0.1, 0.15) is 43.7 Å². The monoisotopic (exact) mass is 313 g/mol. The van der Waals surface area contributed by atoms with Gasteiger partial charge in [-0.15, -0.1) is 0 Å². The van der Waals surface area contributed by atoms with Crippen molar-refractivity contribution in [3.8, 4) is 0 Å². The van der Waals surface area contributed by atoms with Gasteiger partial charge < -0.3 is 10.4 Å². The highest BCUT2D eigenvalue weighted by molar-refractivity contribution is 7.91. The predicted molar refractivity (Wildman–Crippen MR) is 77.2 cm³/mol. The molecule has 1 saturated carbocycles. The third-order valence-electron chi connectivity index (χ3n) is 4.49. The van der Waals surface area contributed by atoms with Crippen molar-refractivity contribution in [1.82, 2.24) is 5.32 Å². The maximum atomic E-state index is 13.5. The van der Waals surface area contributed by atoms with E-state index in [1.807, 2.05) is 0 Å². The van der Waals surface area contributed by atoms with Crippen LogP contribution in [0.2, 0.25) is 0 Å². The molecule has 1 aliphatic heterocycles. The summed E-state index contributed by atoms with van der Waals surface area (Å²) in [7, 11) is -3.29. The van der Waals surface area contributed by atoms with Crippen molar-refractivity contribution < 1.29 is 17.9 Å². The second-order valence-electron chi connectivity index (χ2n) is 6.01. The Hall–Kier alpha value is -0.980. The van der Waals surface area contributed by atoms with Crippen LogP contribution in [-0.4, -0.2) is 31.4 Å². The maximum Gasteiger partial charge on any atom is 0.178 e. The van der Waals surface area contributed by atoms with Crippen molar-refractivity contribution in [2.45, 2.75) is 55.2 Å². The average molecular weight is 313 g/mol. The summed E-state index contributed by atoms with van der Waals surface area (Å²) in [5.41, 5.74) is 0.548. The highest BCUT2D eigenvalue weighted by Gasteiger charge is 2.32. The summed E-state index contributed by atoms with van der Waals surface area (Å²) >= 11 is 0. The van der Waals surface area contributed by atoms with Crippen LogP contribution in [0.5, 0.6) is 0 Å². The Morgan fingerprint density at radius 2 is 1.86 bits per heavy atom. The smallest absolute Gasteiger partial charge is 0.178 e. The molecule has 116 valence electrons. The molecular formula is C15H20FNO3S. The molecule has 1 atom stereocenters. The number of benzene rings is 1. The Bertz CT molecular complexity index is 624. The van der Waals surface area contributed by atoms with Crippen LogP contribution < -0.4 is 5.32 Å². The van der Waals surface area contributed by atoms with E-state index >= 15 is 0 Å². The van der Waals surface area contributed by atoms with Gasteiger partial charge in [0, 0.05) is 12.1 Å². The van der Waals surface area contributed by atoms with Crippen LogP contribution in [0.15, 0.2) is 23.1 Å². The fourth-order valence-corrected chi connectivity index (χ4v) is 4.92. The number of sulfone groups is 1. The first-order valence-corrected chi connectivity index (χ1v) is 9.07. The second-order valence-corrected chi connectivity index (χ2v) is 8.09. The number of hydrogen-bond acceptors (Lipinski definition) is 4. The van der Waals surface area contributed by atoms with E-state index in [4.69, 9.17) is 0 Å². The van der Waals surface area contributed by atoms with Gasteiger partial charge in [0.1, 0.15) is 5.82 Å². The molecular weight excluding hydrogens is 293 g/mol. The van der Waals surface area contributed by atoms with Crippen LogP contribution in [0, 0.1) is 5.82 Å². The van der Waals surface area contributed by atoms with Crippen molar-refractivity contribution in [3.63, 3.8) is 0 Å². The fourth-order valence-electron chi connectivity index (χ4n) is 3.31. The molecule has 2 aliphatic rings. The maximum absolute atomic E-state index is 13.5. The number of nitrogens with one attached hydrogen (secondary N) is 1. The van der Waals surface area contributed by atoms with E-state index in [0.29, 0.717) is 12.0 Å². The minimum Gasteiger partial charge on any atom is -0.393 e. The Balaban J connectivity index is 1.83. The van der Waals surface area contributed by atoms with Crippen LogP contribution in [0.25, 0.3) is 0 Å². The molecule has 2 N–H and O–H groups in total. The second kappa shape index (κ2) is 5.66. The molecule has 0 spiro atoms. The van der Waals surface area contributed by atoms with Gasteiger partial charge in [-0.05, 0) is 55.9 Å². The van der Waals surface area contributed by atoms with Gasteiger partial charge in [-0.1, -0.05) is 0 Å². The summed E-state index contributed by atoms with van der Waals surface area (Å²) in [5.74, 6) is -0.310. The van der Waals surface area contributed by atoms with Crippen molar-refractivity contribution >= 4 is 9.84 Å². The van der Waals surface area contributed by atoms with Crippen molar-refractivity contribution in [2.75, 3.05) is 5.75 Å². The van der Waals surface area contributed by atoms with Gasteiger partial charge in [-0.3, -0.25) is 0 Å². The first-order chi connectivity index (χ1) is 9.95. The van der Waals surface area contributed by atoms with Gasteiger partial charge in [0.05, 0.1) is 16.8 Å². The van der Waals surface area contributed by atoms with E-state index in [0.717, 1.165) is 25.7 Å². The topological polar surface area (TPSA) is 66.4 Å². The van der Waals surface area contributed by atoms with Crippen molar-refractivity contribution in [2.24, 2.45) is 0 Å². The van der Waals surface area contributed by atoms with Crippen LogP contribution in [-0.2, 0) is 9.84 Å². The lowest BCUT2D eigenvalue weighted by Crippen LogP contribution is -2.39. The molecule has 6 heteroatoms. The van der Waals surface area contributed by atoms with Crippen molar-refractivity contribution in [3.05, 3.63) is 29.6 Å². The standard InChI is InChI=1S/C15H20FNO3S/c16-10-1-6-15-13(9-10)14(7-8-21(15,19)20)17-11-2-4-12(18)5-3-11/h1,6,9,11-12,14,17-18H,2-5,7-8H2. The largest absolute Gasteiger partial charge is 0.393 e. The normalized spacial score (nSPS) is 31.6. The Labute approximate surface area is 124 Å². The van der Waals surface area contributed by atoms with Gasteiger partial charge in [0.25, 0.3) is 0 Å². The van der Waals surface area contributed by atoms with Gasteiger partial charge in [-0.2, -0.15) is 0 Å². The zero-order valence-electron chi connectivity index (χ0n) is 11.8. The number of rotatable bonds is 2. The minimum atomic E-state index is -3.29. The summed E-state index contributed by atoms with van der Waals surface area (Å²) in [6, 6.07) is 4.05. The summed E-state index contributed by atoms with van der Waals surface area (Å²) in [6.45, 7) is 0. The van der Waals surface area contributed by atoms with E-state index in [1.165, 1.54) is 18.2 Å². The van der Waals surface area contributed by atoms with Crippen LogP contribution in [0.4, 0.5) is 4.39 Å². The lowest BCUT2D eigenvalue weighted by atomic mass is 9.91. The number of hydrogen-bond donors (Lipinski definition) is 2. The summed E-state index contributed by atoms with van der Waals surface area (Å²) in [6.07, 6.45) is 3.51. The molecule has 21 heavy (non-hydrogen) atoms. The quantitative estimate of drug-likeness (QED) is 0.819. The summed E-state index contributed by atoms with van der Waals surface area (Å²) < 4.78 is 37.7. The Morgan fingerprint density at radius 1 is 1.14 bits per heavy atom. The highest BCUT2D eigenvalue weighted by Crippen LogP contribution is 2.34. The fraction of sp³-hybridized carbons (Fsp3) is 0.600. The van der Waals surface area contributed by atoms with E-state index in [2.05, 4.69) is 5.32 Å². The number of fused-ring (bicyclic) bond motifs is 1. The number of aliphatic hydroxyl groups excluding tert-OH is 1. The molecule has 1 heterocycles. The first kappa shape index (κ1) is 14.9. The highest BCUT2D eigenvalue weighted by atomic mass is 32.2. The van der Waals surface area contributed by atoms with Crippen LogP contribution >= 0.6 is 0 Å². The predicted octanol–water partition coefficient (Wildman–Crippen LogP) is 1.94. The summed E-state index contributed by atoms with van der Waals surface area (Å²) in [4.78, 5) is 0.253. The third kappa shape index (κ3) is 3.12. The zero-order valence-corrected chi connectivity index (χ0v) is 12.6. The molecule has 1 aromatic carbocycles. The molecule has 0 saturated heterocycles. The lowest BCUT2D eigenvalue weighted by Gasteiger charge is -2.33. The van der Waals surface area contributed by atoms with Gasteiger partial charge in [-0.25, -0.2) is 12.8 Å². The van der Waals surface area contributed by atoms with E-state index < -0.39 is 15.7 Å². The molecule has 0 amide bonds. The molecule has 1 aromatic rings. The molecule has 0 bridgehead atoms. The Morgan fingerprint density at radius 3 is 2.57 bits per heavy atom. The minimum absolute atomic E-state index is 0.0959. The van der Waals surface area contributed by atoms with Crippen molar-refractivity contribution in [1.29, 1.82) is 0 Å². The van der Waals surface area contributed by atoms with Gasteiger partial charge >= 0.3 is 0 Å².